The minimum Gasteiger partial charge on any atom is -0.507 e. The number of amides is 1. The number of anilines is 1. The monoisotopic (exact) mass is 378 g/mol. The van der Waals surface area contributed by atoms with Crippen molar-refractivity contribution in [3.8, 4) is 5.75 Å². The normalized spacial score (nSPS) is 22.2. The van der Waals surface area contributed by atoms with Gasteiger partial charge in [-0.3, -0.25) is 9.59 Å². The van der Waals surface area contributed by atoms with Crippen LogP contribution in [-0.2, 0) is 14.3 Å². The van der Waals surface area contributed by atoms with E-state index in [0.29, 0.717) is 18.8 Å². The Hall–Kier alpha value is -2.59. The van der Waals surface area contributed by atoms with Crippen molar-refractivity contribution in [1.29, 1.82) is 0 Å². The summed E-state index contributed by atoms with van der Waals surface area (Å²) in [4.78, 5) is 24.4. The quantitative estimate of drug-likeness (QED) is 0.507. The number of ether oxygens (including phenoxy) is 1. The van der Waals surface area contributed by atoms with Crippen molar-refractivity contribution in [2.45, 2.75) is 11.7 Å². The summed E-state index contributed by atoms with van der Waals surface area (Å²) in [6.45, 7) is 2.87. The average molecular weight is 378 g/mol. The fourth-order valence-electron chi connectivity index (χ4n) is 2.55. The molecular weight excluding hydrogens is 360 g/mol. The number of hydrogen-bond donors (Lipinski definition) is 3. The number of carbonyl (C=O) groups is 2. The second-order valence-electron chi connectivity index (χ2n) is 5.69. The molecule has 1 aromatic carbocycles. The number of thioether (sulfide) groups is 1. The van der Waals surface area contributed by atoms with Crippen molar-refractivity contribution >= 4 is 40.7 Å². The number of benzene rings is 1. The standard InChI is InChI=1S/C16H18N4O5S/c21-12-7-11(20-3-5-25-6-4-20)2-1-10(12)9-17-19-16-18-15(24)13(26-16)8-14(22)23/h1-2,7,9,13,21H,3-6,8H2,(H,22,23)(H,18,19,24). The van der Waals surface area contributed by atoms with Crippen LogP contribution in [0, 0.1) is 0 Å². The van der Waals surface area contributed by atoms with Crippen LogP contribution in [0.15, 0.2) is 28.4 Å². The van der Waals surface area contributed by atoms with Gasteiger partial charge in [0.25, 0.3) is 0 Å². The first kappa shape index (κ1) is 18.2. The molecule has 0 aliphatic carbocycles. The number of aromatic hydroxyl groups is 1. The van der Waals surface area contributed by atoms with Crippen LogP contribution in [0.2, 0.25) is 0 Å². The minimum absolute atomic E-state index is 0.0739. The summed E-state index contributed by atoms with van der Waals surface area (Å²) in [6, 6.07) is 5.28. The number of phenolic OH excluding ortho intramolecular Hbond substituents is 1. The lowest BCUT2D eigenvalue weighted by atomic mass is 10.2. The molecule has 0 saturated carbocycles. The van der Waals surface area contributed by atoms with Crippen LogP contribution < -0.4 is 10.2 Å². The van der Waals surface area contributed by atoms with Crippen LogP contribution in [0.4, 0.5) is 5.69 Å². The maximum absolute atomic E-state index is 11.6. The Labute approximate surface area is 153 Å². The molecule has 1 atom stereocenters. The molecular formula is C16H18N4O5S. The number of aliphatic carboxylic acids is 1. The van der Waals surface area contributed by atoms with Crippen molar-refractivity contribution in [2.75, 3.05) is 31.2 Å². The first-order chi connectivity index (χ1) is 12.5. The van der Waals surface area contributed by atoms with Crippen LogP contribution in [-0.4, -0.2) is 65.0 Å². The number of carboxylic acids is 1. The SMILES string of the molecule is O=C(O)CC1SC(=NN=Cc2ccc(N3CCOCC3)cc2O)NC1=O. The smallest absolute Gasteiger partial charge is 0.305 e. The topological polar surface area (TPSA) is 124 Å². The van der Waals surface area contributed by atoms with Gasteiger partial charge < -0.3 is 25.2 Å². The lowest BCUT2D eigenvalue weighted by Gasteiger charge is -2.29. The summed E-state index contributed by atoms with van der Waals surface area (Å²) in [7, 11) is 0. The van der Waals surface area contributed by atoms with Crippen molar-refractivity contribution in [3.05, 3.63) is 23.8 Å². The Balaban J connectivity index is 1.63. The lowest BCUT2D eigenvalue weighted by molar-refractivity contribution is -0.138. The third-order valence-corrected chi connectivity index (χ3v) is 4.94. The summed E-state index contributed by atoms with van der Waals surface area (Å²) in [6.07, 6.45) is 1.10. The van der Waals surface area contributed by atoms with Crippen LogP contribution in [0.25, 0.3) is 0 Å². The first-order valence-electron chi connectivity index (χ1n) is 7.99. The van der Waals surface area contributed by atoms with E-state index >= 15 is 0 Å². The molecule has 26 heavy (non-hydrogen) atoms. The molecule has 3 rings (SSSR count). The highest BCUT2D eigenvalue weighted by Crippen LogP contribution is 2.25. The molecule has 1 amide bonds. The zero-order valence-corrected chi connectivity index (χ0v) is 14.6. The van der Waals surface area contributed by atoms with Crippen LogP contribution >= 0.6 is 11.8 Å². The van der Waals surface area contributed by atoms with Gasteiger partial charge >= 0.3 is 5.97 Å². The summed E-state index contributed by atoms with van der Waals surface area (Å²) < 4.78 is 5.31. The predicted molar refractivity (Wildman–Crippen MR) is 97.9 cm³/mol. The van der Waals surface area contributed by atoms with Crippen molar-refractivity contribution in [1.82, 2.24) is 5.32 Å². The van der Waals surface area contributed by atoms with Gasteiger partial charge in [-0.1, -0.05) is 11.8 Å². The van der Waals surface area contributed by atoms with Crippen LogP contribution in [0.5, 0.6) is 5.75 Å². The molecule has 0 aromatic heterocycles. The van der Waals surface area contributed by atoms with E-state index in [-0.39, 0.29) is 17.3 Å². The second-order valence-corrected chi connectivity index (χ2v) is 6.88. The fourth-order valence-corrected chi connectivity index (χ4v) is 3.46. The van der Waals surface area contributed by atoms with Gasteiger partial charge in [0.2, 0.25) is 5.91 Å². The summed E-state index contributed by atoms with van der Waals surface area (Å²) in [5.41, 5.74) is 1.40. The molecule has 1 aromatic rings. The number of amidine groups is 1. The number of nitrogens with zero attached hydrogens (tertiary/aromatic N) is 3. The number of nitrogens with one attached hydrogen (secondary N) is 1. The highest BCUT2D eigenvalue weighted by molar-refractivity contribution is 8.15. The van der Waals surface area contributed by atoms with Gasteiger partial charge in [0.1, 0.15) is 11.0 Å². The van der Waals surface area contributed by atoms with Gasteiger partial charge in [0, 0.05) is 30.4 Å². The number of phenols is 1. The molecule has 2 aliphatic rings. The third-order valence-electron chi connectivity index (χ3n) is 3.87. The predicted octanol–water partition coefficient (Wildman–Crippen LogP) is 0.625. The number of morpholine rings is 1. The molecule has 0 spiro atoms. The summed E-state index contributed by atoms with van der Waals surface area (Å²) in [5.74, 6) is -1.37. The Morgan fingerprint density at radius 2 is 2.19 bits per heavy atom. The summed E-state index contributed by atoms with van der Waals surface area (Å²) in [5, 5.41) is 28.6. The number of carbonyl (C=O) groups excluding carboxylic acids is 1. The van der Waals surface area contributed by atoms with Crippen molar-refractivity contribution in [2.24, 2.45) is 10.2 Å². The Kier molecular flexibility index (Phi) is 5.74. The Morgan fingerprint density at radius 1 is 1.42 bits per heavy atom. The first-order valence-corrected chi connectivity index (χ1v) is 8.87. The van der Waals surface area contributed by atoms with Gasteiger partial charge in [-0.25, -0.2) is 0 Å². The molecule has 9 nitrogen and oxygen atoms in total. The Bertz CT molecular complexity index is 761. The molecule has 1 unspecified atom stereocenters. The van der Waals surface area contributed by atoms with E-state index in [2.05, 4.69) is 20.4 Å². The molecule has 2 aliphatic heterocycles. The fraction of sp³-hybridized carbons (Fsp3) is 0.375. The largest absolute Gasteiger partial charge is 0.507 e. The maximum Gasteiger partial charge on any atom is 0.305 e. The average Bonchev–Trinajstić information content (AvgIpc) is 2.96. The van der Waals surface area contributed by atoms with Crippen molar-refractivity contribution in [3.63, 3.8) is 0 Å². The van der Waals surface area contributed by atoms with Crippen LogP contribution in [0.1, 0.15) is 12.0 Å². The van der Waals surface area contributed by atoms with E-state index in [1.165, 1.54) is 6.21 Å². The van der Waals surface area contributed by atoms with Gasteiger partial charge in [0.05, 0.1) is 25.8 Å². The second kappa shape index (κ2) is 8.19. The van der Waals surface area contributed by atoms with E-state index in [0.717, 1.165) is 30.5 Å². The third kappa shape index (κ3) is 4.52. The van der Waals surface area contributed by atoms with E-state index in [1.807, 2.05) is 6.07 Å². The molecule has 3 N–H and O–H groups in total. The van der Waals surface area contributed by atoms with E-state index in [9.17, 15) is 14.7 Å². The number of rotatable bonds is 5. The minimum atomic E-state index is -1.05. The van der Waals surface area contributed by atoms with Crippen LogP contribution in [0.3, 0.4) is 0 Å². The molecule has 138 valence electrons. The molecule has 2 fully saturated rings. The molecule has 2 saturated heterocycles. The Morgan fingerprint density at radius 3 is 2.88 bits per heavy atom. The zero-order chi connectivity index (χ0) is 18.5. The maximum atomic E-state index is 11.6. The zero-order valence-electron chi connectivity index (χ0n) is 13.8. The molecule has 2 heterocycles. The van der Waals surface area contributed by atoms with Gasteiger partial charge in [-0.05, 0) is 12.1 Å². The highest BCUT2D eigenvalue weighted by atomic mass is 32.2. The molecule has 10 heteroatoms. The van der Waals surface area contributed by atoms with Crippen molar-refractivity contribution < 1.29 is 24.5 Å². The number of hydrogen-bond acceptors (Lipinski definition) is 8. The van der Waals surface area contributed by atoms with Gasteiger partial charge in [0.15, 0.2) is 5.17 Å². The van der Waals surface area contributed by atoms with E-state index < -0.39 is 17.1 Å². The van der Waals surface area contributed by atoms with E-state index in [4.69, 9.17) is 9.84 Å². The van der Waals surface area contributed by atoms with Gasteiger partial charge in [-0.2, -0.15) is 5.10 Å². The lowest BCUT2D eigenvalue weighted by Crippen LogP contribution is -2.36. The van der Waals surface area contributed by atoms with E-state index in [1.54, 1.807) is 12.1 Å². The molecule has 0 bridgehead atoms. The molecule has 0 radical (unpaired) electrons. The highest BCUT2D eigenvalue weighted by Gasteiger charge is 2.32. The summed E-state index contributed by atoms with van der Waals surface area (Å²) >= 11 is 1.02. The number of carboxylic acid groups (broad SMARTS) is 1. The van der Waals surface area contributed by atoms with Gasteiger partial charge in [-0.15, -0.1) is 5.10 Å².